The lowest BCUT2D eigenvalue weighted by Crippen LogP contribution is -2.71. The van der Waals surface area contributed by atoms with Crippen LogP contribution < -0.4 is 9.64 Å². The number of hydrogen-bond donors (Lipinski definition) is 0. The number of aromatic nitrogens is 5. The van der Waals surface area contributed by atoms with Crippen LogP contribution >= 0.6 is 0 Å². The molecule has 1 atom stereocenters. The van der Waals surface area contributed by atoms with E-state index in [0.29, 0.717) is 46.3 Å². The molecule has 6 aliphatic rings. The summed E-state index contributed by atoms with van der Waals surface area (Å²) in [6, 6.07) is 6.01. The molecule has 6 fully saturated rings. The molecule has 0 bridgehead atoms. The molecule has 3 aromatic rings. The largest absolute Gasteiger partial charge is 0.434 e. The lowest BCUT2D eigenvalue weighted by Gasteiger charge is -2.62. The second-order valence-corrected chi connectivity index (χ2v) is 15.6. The van der Waals surface area contributed by atoms with Gasteiger partial charge in [-0.15, -0.1) is 10.2 Å². The predicted molar refractivity (Wildman–Crippen MR) is 170 cm³/mol. The first-order valence-corrected chi connectivity index (χ1v) is 17.1. The Kier molecular flexibility index (Phi) is 6.84. The second-order valence-electron chi connectivity index (χ2n) is 15.6. The average molecular weight is 627 g/mol. The molecule has 0 amide bonds. The quantitative estimate of drug-likeness (QED) is 0.330. The Bertz CT molecular complexity index is 1610. The van der Waals surface area contributed by atoms with Crippen LogP contribution in [0.2, 0.25) is 0 Å². The molecule has 2 saturated carbocycles. The number of hydrogen-bond acceptors (Lipinski definition) is 10. The molecule has 4 saturated heterocycles. The van der Waals surface area contributed by atoms with Crippen molar-refractivity contribution in [2.24, 2.45) is 22.7 Å². The van der Waals surface area contributed by atoms with Gasteiger partial charge in [0.05, 0.1) is 25.6 Å². The maximum absolute atomic E-state index is 14.6. The van der Waals surface area contributed by atoms with Gasteiger partial charge in [0.2, 0.25) is 0 Å². The molecule has 10 nitrogen and oxygen atoms in total. The van der Waals surface area contributed by atoms with Crippen LogP contribution in [0.15, 0.2) is 36.9 Å². The summed E-state index contributed by atoms with van der Waals surface area (Å²) in [5.74, 6) is 3.09. The first-order chi connectivity index (χ1) is 22.4. The number of anilines is 1. The number of rotatable bonds is 9. The van der Waals surface area contributed by atoms with Gasteiger partial charge in [0.1, 0.15) is 17.9 Å². The molecule has 4 aliphatic heterocycles. The summed E-state index contributed by atoms with van der Waals surface area (Å²) in [6.45, 7) is 13.3. The smallest absolute Gasteiger partial charge is 0.282 e. The summed E-state index contributed by atoms with van der Waals surface area (Å²) in [4.78, 5) is 12.4. The van der Waals surface area contributed by atoms with Crippen LogP contribution in [0.3, 0.4) is 0 Å². The van der Waals surface area contributed by atoms with E-state index in [2.05, 4.69) is 53.9 Å². The minimum atomic E-state index is -0.329. The molecular weight excluding hydrogens is 583 g/mol. The Labute approximate surface area is 269 Å². The normalized spacial score (nSPS) is 27.3. The van der Waals surface area contributed by atoms with Gasteiger partial charge in [0.25, 0.3) is 5.88 Å². The fourth-order valence-corrected chi connectivity index (χ4v) is 9.24. The molecule has 2 aromatic heterocycles. The van der Waals surface area contributed by atoms with Crippen molar-refractivity contribution in [2.45, 2.75) is 64.0 Å². The second kappa shape index (κ2) is 10.9. The van der Waals surface area contributed by atoms with Crippen LogP contribution in [0.5, 0.6) is 11.6 Å². The zero-order valence-electron chi connectivity index (χ0n) is 26.8. The minimum Gasteiger partial charge on any atom is -0.434 e. The number of benzene rings is 1. The fraction of sp³-hybridized carbons (Fsp3) is 0.629. The number of nitrogens with zero attached hydrogens (tertiary/aromatic N) is 8. The first-order valence-electron chi connectivity index (χ1n) is 17.1. The molecule has 11 heteroatoms. The van der Waals surface area contributed by atoms with Crippen LogP contribution in [0.25, 0.3) is 11.1 Å². The number of ether oxygens (including phenoxy) is 2. The molecule has 242 valence electrons. The van der Waals surface area contributed by atoms with E-state index in [4.69, 9.17) is 9.47 Å². The van der Waals surface area contributed by atoms with E-state index in [0.717, 1.165) is 81.7 Å². The molecule has 0 N–H and O–H groups in total. The Morgan fingerprint density at radius 3 is 2.50 bits per heavy atom. The maximum atomic E-state index is 14.6. The summed E-state index contributed by atoms with van der Waals surface area (Å²) in [7, 11) is 0. The fourth-order valence-electron chi connectivity index (χ4n) is 9.24. The Morgan fingerprint density at radius 1 is 0.957 bits per heavy atom. The molecule has 2 spiro atoms. The van der Waals surface area contributed by atoms with Crippen molar-refractivity contribution >= 4 is 5.82 Å². The Hall–Kier alpha value is -3.28. The van der Waals surface area contributed by atoms with Crippen LogP contribution in [0, 0.1) is 28.5 Å². The van der Waals surface area contributed by atoms with E-state index in [9.17, 15) is 4.39 Å². The summed E-state index contributed by atoms with van der Waals surface area (Å²) < 4.78 is 26.5. The highest BCUT2D eigenvalue weighted by molar-refractivity contribution is 5.74. The van der Waals surface area contributed by atoms with Crippen LogP contribution in [-0.4, -0.2) is 99.7 Å². The van der Waals surface area contributed by atoms with Gasteiger partial charge in [-0.1, -0.05) is 13.8 Å². The highest BCUT2D eigenvalue weighted by Gasteiger charge is 2.56. The first kappa shape index (κ1) is 28.9. The molecule has 0 unspecified atom stereocenters. The summed E-state index contributed by atoms with van der Waals surface area (Å²) in [6.07, 6.45) is 11.0. The van der Waals surface area contributed by atoms with Gasteiger partial charge in [0, 0.05) is 73.3 Å². The Balaban J connectivity index is 0.872. The van der Waals surface area contributed by atoms with Crippen molar-refractivity contribution in [3.05, 3.63) is 48.3 Å². The van der Waals surface area contributed by atoms with E-state index in [-0.39, 0.29) is 11.2 Å². The van der Waals surface area contributed by atoms with Gasteiger partial charge in [0.15, 0.2) is 5.82 Å². The zero-order valence-corrected chi connectivity index (χ0v) is 26.8. The van der Waals surface area contributed by atoms with Gasteiger partial charge < -0.3 is 14.4 Å². The van der Waals surface area contributed by atoms with E-state index in [1.807, 2.05) is 0 Å². The zero-order chi connectivity index (χ0) is 31.0. The third-order valence-corrected chi connectivity index (χ3v) is 11.8. The highest BCUT2D eigenvalue weighted by atomic mass is 19.1. The molecule has 2 aliphatic carbocycles. The van der Waals surface area contributed by atoms with Gasteiger partial charge in [-0.2, -0.15) is 10.2 Å². The van der Waals surface area contributed by atoms with Crippen molar-refractivity contribution < 1.29 is 13.9 Å². The Morgan fingerprint density at radius 2 is 1.76 bits per heavy atom. The van der Waals surface area contributed by atoms with Crippen LogP contribution in [-0.2, 0) is 4.74 Å². The lowest BCUT2D eigenvalue weighted by molar-refractivity contribution is -0.210. The van der Waals surface area contributed by atoms with Crippen molar-refractivity contribution in [2.75, 3.05) is 57.4 Å². The van der Waals surface area contributed by atoms with Crippen molar-refractivity contribution in [1.29, 1.82) is 0 Å². The lowest BCUT2D eigenvalue weighted by atomic mass is 9.66. The molecule has 9 rings (SSSR count). The topological polar surface area (TPSA) is 92.6 Å². The number of likely N-dealkylation sites (tertiary alicyclic amines) is 2. The van der Waals surface area contributed by atoms with Gasteiger partial charge in [-0.05, 0) is 73.6 Å². The predicted octanol–water partition coefficient (Wildman–Crippen LogP) is 4.78. The SMILES string of the molecule is CC(C)[C@H](C1CC(N2CC3(COC3)C2)C1)N1CC2(CCN(c3ncnnc3Oc3ccc(F)cc3-c3cnncc3C3CC3)C2)C1. The monoisotopic (exact) mass is 626 g/mol. The summed E-state index contributed by atoms with van der Waals surface area (Å²) in [5.41, 5.74) is 3.33. The third kappa shape index (κ3) is 4.97. The van der Waals surface area contributed by atoms with Crippen molar-refractivity contribution in [1.82, 2.24) is 35.2 Å². The molecular formula is C35H43FN8O2. The van der Waals surface area contributed by atoms with E-state index in [1.165, 1.54) is 44.4 Å². The maximum Gasteiger partial charge on any atom is 0.282 e. The molecule has 46 heavy (non-hydrogen) atoms. The van der Waals surface area contributed by atoms with Gasteiger partial charge in [-0.3, -0.25) is 9.80 Å². The molecule has 0 radical (unpaired) electrons. The van der Waals surface area contributed by atoms with E-state index >= 15 is 0 Å². The van der Waals surface area contributed by atoms with Gasteiger partial charge in [-0.25, -0.2) is 9.37 Å². The third-order valence-electron chi connectivity index (χ3n) is 11.8. The molecule has 6 heterocycles. The van der Waals surface area contributed by atoms with E-state index < -0.39 is 0 Å². The summed E-state index contributed by atoms with van der Waals surface area (Å²) >= 11 is 0. The average Bonchev–Trinajstić information content (AvgIpc) is 3.72. The van der Waals surface area contributed by atoms with Crippen molar-refractivity contribution in [3.63, 3.8) is 0 Å². The standard InChI is InChI=1S/C35H43FN8O2/c1-22(2)31(24-9-26(10-24)43-17-35(18-43)19-45-20-35)44-15-34(16-44)7-8-42(14-34)32-33(41-40-21-37-32)46-30-6-5-25(36)11-27(30)29-13-39-38-12-28(29)23-3-4-23/h5-6,11-13,21-24,26,31H,3-4,7-10,14-20H2,1-2H3/t24?,26?,31-/m1/s1. The van der Waals surface area contributed by atoms with Crippen LogP contribution in [0.4, 0.5) is 10.2 Å². The van der Waals surface area contributed by atoms with Crippen molar-refractivity contribution in [3.8, 4) is 22.8 Å². The van der Waals surface area contributed by atoms with E-state index in [1.54, 1.807) is 18.5 Å². The minimum absolute atomic E-state index is 0.259. The van der Waals surface area contributed by atoms with Crippen LogP contribution in [0.1, 0.15) is 57.4 Å². The highest BCUT2D eigenvalue weighted by Crippen LogP contribution is 2.50. The molecule has 1 aromatic carbocycles. The number of halogens is 1. The van der Waals surface area contributed by atoms with Gasteiger partial charge >= 0.3 is 0 Å². The summed E-state index contributed by atoms with van der Waals surface area (Å²) in [5, 5.41) is 16.7.